The summed E-state index contributed by atoms with van der Waals surface area (Å²) in [6.45, 7) is 2.40. The van der Waals surface area contributed by atoms with Crippen LogP contribution >= 0.6 is 0 Å². The minimum atomic E-state index is -0.0304. The molecule has 3 heteroatoms. The summed E-state index contributed by atoms with van der Waals surface area (Å²) < 4.78 is 0. The largest absolute Gasteiger partial charge is 0.393 e. The SMILES string of the molecule is CN1CCC[C@@H]1CNC1CCC(O)CC1. The van der Waals surface area contributed by atoms with E-state index in [-0.39, 0.29) is 6.10 Å². The molecule has 1 aliphatic carbocycles. The minimum Gasteiger partial charge on any atom is -0.393 e. The van der Waals surface area contributed by atoms with Crippen LogP contribution in [-0.2, 0) is 0 Å². The Hall–Kier alpha value is -0.120. The molecule has 0 radical (unpaired) electrons. The Bertz CT molecular complexity index is 190. The van der Waals surface area contributed by atoms with Crippen molar-refractivity contribution in [1.82, 2.24) is 10.2 Å². The van der Waals surface area contributed by atoms with E-state index in [1.54, 1.807) is 0 Å². The predicted octanol–water partition coefficient (Wildman–Crippen LogP) is 0.974. The van der Waals surface area contributed by atoms with Crippen molar-refractivity contribution < 1.29 is 5.11 Å². The molecule has 0 amide bonds. The summed E-state index contributed by atoms with van der Waals surface area (Å²) in [5.74, 6) is 0. The number of aliphatic hydroxyl groups is 1. The summed E-state index contributed by atoms with van der Waals surface area (Å²) in [6, 6.07) is 1.40. The first-order valence-corrected chi connectivity index (χ1v) is 6.37. The van der Waals surface area contributed by atoms with Crippen molar-refractivity contribution in [2.45, 2.75) is 56.7 Å². The number of nitrogens with one attached hydrogen (secondary N) is 1. The maximum atomic E-state index is 9.41. The molecule has 2 N–H and O–H groups in total. The van der Waals surface area contributed by atoms with Crippen LogP contribution in [0.4, 0.5) is 0 Å². The van der Waals surface area contributed by atoms with Crippen LogP contribution in [0.15, 0.2) is 0 Å². The quantitative estimate of drug-likeness (QED) is 0.732. The number of rotatable bonds is 3. The van der Waals surface area contributed by atoms with Crippen LogP contribution < -0.4 is 5.32 Å². The second-order valence-corrected chi connectivity index (χ2v) is 5.19. The Balaban J connectivity index is 1.65. The molecule has 1 atom stereocenters. The minimum absolute atomic E-state index is 0.0304. The Morgan fingerprint density at radius 3 is 2.53 bits per heavy atom. The van der Waals surface area contributed by atoms with Gasteiger partial charge >= 0.3 is 0 Å². The van der Waals surface area contributed by atoms with Crippen LogP contribution in [0.5, 0.6) is 0 Å². The van der Waals surface area contributed by atoms with E-state index in [1.807, 2.05) is 0 Å². The maximum Gasteiger partial charge on any atom is 0.0541 e. The molecule has 2 aliphatic rings. The Kier molecular flexibility index (Phi) is 4.00. The second-order valence-electron chi connectivity index (χ2n) is 5.19. The highest BCUT2D eigenvalue weighted by atomic mass is 16.3. The average molecular weight is 212 g/mol. The molecule has 2 rings (SSSR count). The molecule has 1 saturated heterocycles. The van der Waals surface area contributed by atoms with Gasteiger partial charge in [0, 0.05) is 18.6 Å². The van der Waals surface area contributed by atoms with Gasteiger partial charge in [0.25, 0.3) is 0 Å². The van der Waals surface area contributed by atoms with Gasteiger partial charge in [-0.25, -0.2) is 0 Å². The Labute approximate surface area is 92.8 Å². The van der Waals surface area contributed by atoms with Crippen LogP contribution in [0.2, 0.25) is 0 Å². The molecule has 0 unspecified atom stereocenters. The molecule has 15 heavy (non-hydrogen) atoms. The molecular weight excluding hydrogens is 188 g/mol. The topological polar surface area (TPSA) is 35.5 Å². The summed E-state index contributed by atoms with van der Waals surface area (Å²) in [5, 5.41) is 13.1. The van der Waals surface area contributed by atoms with E-state index in [1.165, 1.54) is 19.4 Å². The molecule has 1 saturated carbocycles. The lowest BCUT2D eigenvalue weighted by Crippen LogP contribution is -2.42. The molecule has 2 fully saturated rings. The second kappa shape index (κ2) is 5.28. The predicted molar refractivity (Wildman–Crippen MR) is 61.9 cm³/mol. The van der Waals surface area contributed by atoms with E-state index in [4.69, 9.17) is 0 Å². The van der Waals surface area contributed by atoms with Crippen molar-refractivity contribution in [1.29, 1.82) is 0 Å². The standard InChI is InChI=1S/C12H24N2O/c1-14-8-2-3-11(14)9-13-10-4-6-12(15)7-5-10/h10-13,15H,2-9H2,1H3/t10?,11-,12?/m1/s1. The third-order valence-corrected chi connectivity index (χ3v) is 4.01. The molecule has 0 aromatic rings. The molecule has 0 aromatic heterocycles. The normalized spacial score (nSPS) is 38.4. The van der Waals surface area contributed by atoms with Crippen LogP contribution in [-0.4, -0.2) is 48.3 Å². The van der Waals surface area contributed by atoms with E-state index in [0.29, 0.717) is 6.04 Å². The van der Waals surface area contributed by atoms with Crippen LogP contribution in [0, 0.1) is 0 Å². The fourth-order valence-electron chi connectivity index (χ4n) is 2.82. The smallest absolute Gasteiger partial charge is 0.0541 e. The van der Waals surface area contributed by atoms with Crippen molar-refractivity contribution in [2.75, 3.05) is 20.1 Å². The first kappa shape index (κ1) is 11.4. The fourth-order valence-corrected chi connectivity index (χ4v) is 2.82. The van der Waals surface area contributed by atoms with Gasteiger partial charge in [-0.15, -0.1) is 0 Å². The van der Waals surface area contributed by atoms with E-state index in [0.717, 1.165) is 38.3 Å². The van der Waals surface area contributed by atoms with Gasteiger partial charge in [0.15, 0.2) is 0 Å². The molecule has 0 aromatic carbocycles. The zero-order valence-corrected chi connectivity index (χ0v) is 9.78. The van der Waals surface area contributed by atoms with Crippen molar-refractivity contribution >= 4 is 0 Å². The summed E-state index contributed by atoms with van der Waals surface area (Å²) in [5.41, 5.74) is 0. The van der Waals surface area contributed by atoms with Gasteiger partial charge in [-0.1, -0.05) is 0 Å². The highest BCUT2D eigenvalue weighted by Gasteiger charge is 2.23. The van der Waals surface area contributed by atoms with Crippen molar-refractivity contribution in [2.24, 2.45) is 0 Å². The number of aliphatic hydroxyl groups excluding tert-OH is 1. The van der Waals surface area contributed by atoms with E-state index < -0.39 is 0 Å². The summed E-state index contributed by atoms with van der Waals surface area (Å²) in [7, 11) is 2.23. The van der Waals surface area contributed by atoms with E-state index in [9.17, 15) is 5.11 Å². The first-order chi connectivity index (χ1) is 7.25. The molecule has 0 bridgehead atoms. The number of likely N-dealkylation sites (tertiary alicyclic amines) is 1. The first-order valence-electron chi connectivity index (χ1n) is 6.37. The maximum absolute atomic E-state index is 9.41. The molecule has 1 heterocycles. The van der Waals surface area contributed by atoms with Crippen LogP contribution in [0.1, 0.15) is 38.5 Å². The highest BCUT2D eigenvalue weighted by molar-refractivity contribution is 4.82. The summed E-state index contributed by atoms with van der Waals surface area (Å²) in [4.78, 5) is 2.46. The molecule has 88 valence electrons. The van der Waals surface area contributed by atoms with Crippen molar-refractivity contribution in [3.05, 3.63) is 0 Å². The molecule has 0 spiro atoms. The van der Waals surface area contributed by atoms with Gasteiger partial charge in [0.2, 0.25) is 0 Å². The van der Waals surface area contributed by atoms with Crippen LogP contribution in [0.3, 0.4) is 0 Å². The van der Waals surface area contributed by atoms with Crippen molar-refractivity contribution in [3.63, 3.8) is 0 Å². The van der Waals surface area contributed by atoms with E-state index >= 15 is 0 Å². The third-order valence-electron chi connectivity index (χ3n) is 4.01. The molecule has 3 nitrogen and oxygen atoms in total. The lowest BCUT2D eigenvalue weighted by Gasteiger charge is -2.28. The Morgan fingerprint density at radius 2 is 1.93 bits per heavy atom. The fraction of sp³-hybridized carbons (Fsp3) is 1.00. The molecule has 1 aliphatic heterocycles. The number of nitrogens with zero attached hydrogens (tertiary/aromatic N) is 1. The monoisotopic (exact) mass is 212 g/mol. The van der Waals surface area contributed by atoms with E-state index in [2.05, 4.69) is 17.3 Å². The molecular formula is C12H24N2O. The van der Waals surface area contributed by atoms with Gasteiger partial charge in [0.1, 0.15) is 0 Å². The third kappa shape index (κ3) is 3.16. The lowest BCUT2D eigenvalue weighted by atomic mass is 9.93. The van der Waals surface area contributed by atoms with Gasteiger partial charge < -0.3 is 15.3 Å². The number of likely N-dealkylation sites (N-methyl/N-ethyl adjacent to an activating group) is 1. The average Bonchev–Trinajstić information content (AvgIpc) is 2.63. The summed E-state index contributed by atoms with van der Waals surface area (Å²) >= 11 is 0. The van der Waals surface area contributed by atoms with Crippen LogP contribution in [0.25, 0.3) is 0 Å². The van der Waals surface area contributed by atoms with Gasteiger partial charge in [-0.2, -0.15) is 0 Å². The summed E-state index contributed by atoms with van der Waals surface area (Å²) in [6.07, 6.45) is 6.94. The Morgan fingerprint density at radius 1 is 1.20 bits per heavy atom. The van der Waals surface area contributed by atoms with Gasteiger partial charge in [-0.05, 0) is 52.1 Å². The lowest BCUT2D eigenvalue weighted by molar-refractivity contribution is 0.115. The van der Waals surface area contributed by atoms with Gasteiger partial charge in [0.05, 0.1) is 6.10 Å². The zero-order chi connectivity index (χ0) is 10.7. The zero-order valence-electron chi connectivity index (χ0n) is 9.78. The van der Waals surface area contributed by atoms with Crippen molar-refractivity contribution in [3.8, 4) is 0 Å². The number of hydrogen-bond acceptors (Lipinski definition) is 3. The highest BCUT2D eigenvalue weighted by Crippen LogP contribution is 2.19. The van der Waals surface area contributed by atoms with Gasteiger partial charge in [-0.3, -0.25) is 0 Å². The number of hydrogen-bond donors (Lipinski definition) is 2.